The van der Waals surface area contributed by atoms with E-state index in [2.05, 4.69) is 20.0 Å². The predicted octanol–water partition coefficient (Wildman–Crippen LogP) is 0.522. The normalized spacial score (nSPS) is 10.4. The Balaban J connectivity index is 2.25. The Morgan fingerprint density at radius 3 is 2.86 bits per heavy atom. The van der Waals surface area contributed by atoms with Gasteiger partial charge in [-0.1, -0.05) is 5.16 Å². The summed E-state index contributed by atoms with van der Waals surface area (Å²) in [6, 6.07) is 3.58. The molecule has 0 atom stereocenters. The highest BCUT2D eigenvalue weighted by Crippen LogP contribution is 2.13. The summed E-state index contributed by atoms with van der Waals surface area (Å²) in [5.74, 6) is 5.72. The fourth-order valence-electron chi connectivity index (χ4n) is 1.00. The van der Waals surface area contributed by atoms with Crippen molar-refractivity contribution in [2.45, 2.75) is 6.61 Å². The number of nitrogens with zero attached hydrogens (tertiary/aromatic N) is 3. The molecule has 2 N–H and O–H groups in total. The molecule has 0 saturated heterocycles. The minimum Gasteiger partial charge on any atom is -0.336 e. The number of hydrogen-bond donors (Lipinski definition) is 1. The van der Waals surface area contributed by atoms with Gasteiger partial charge in [0.15, 0.2) is 0 Å². The van der Waals surface area contributed by atoms with Crippen molar-refractivity contribution in [3.63, 3.8) is 0 Å². The third-order valence-corrected chi connectivity index (χ3v) is 1.61. The molecule has 14 heavy (non-hydrogen) atoms. The van der Waals surface area contributed by atoms with E-state index in [1.165, 1.54) is 0 Å². The zero-order valence-electron chi connectivity index (χ0n) is 7.25. The third-order valence-electron chi connectivity index (χ3n) is 1.61. The molecule has 0 saturated carbocycles. The lowest BCUT2D eigenvalue weighted by Crippen LogP contribution is -1.98. The second-order valence-corrected chi connectivity index (χ2v) is 2.56. The largest absolute Gasteiger partial charge is 0.336 e. The molecule has 0 aliphatic carbocycles. The quantitative estimate of drug-likeness (QED) is 0.713. The fraction of sp³-hybridized carbons (Fsp3) is 0.125. The molecular weight excluding hydrogens is 184 g/mol. The summed E-state index contributed by atoms with van der Waals surface area (Å²) in [4.78, 5) is 12.3. The molecule has 0 amide bonds. The van der Waals surface area contributed by atoms with Crippen molar-refractivity contribution in [1.29, 1.82) is 0 Å². The Morgan fingerprint density at radius 1 is 1.36 bits per heavy atom. The van der Waals surface area contributed by atoms with Gasteiger partial charge in [-0.05, 0) is 12.1 Å². The number of rotatable bonds is 3. The maximum atomic E-state index is 4.87. The number of hydrogen-bond acceptors (Lipinski definition) is 6. The summed E-state index contributed by atoms with van der Waals surface area (Å²) in [6.45, 7) is 0.109. The topological polar surface area (TPSA) is 87.1 Å². The van der Waals surface area contributed by atoms with Crippen molar-refractivity contribution in [2.75, 3.05) is 0 Å². The second-order valence-electron chi connectivity index (χ2n) is 2.56. The Kier molecular flexibility index (Phi) is 2.48. The number of pyridine rings is 1. The van der Waals surface area contributed by atoms with Gasteiger partial charge >= 0.3 is 0 Å². The minimum absolute atomic E-state index is 0.109. The first-order chi connectivity index (χ1) is 6.90. The molecule has 0 spiro atoms. The van der Waals surface area contributed by atoms with Crippen molar-refractivity contribution in [3.8, 4) is 11.4 Å². The van der Waals surface area contributed by atoms with Crippen LogP contribution in [0.15, 0.2) is 29.0 Å². The molecule has 0 aliphatic heterocycles. The summed E-state index contributed by atoms with van der Waals surface area (Å²) in [6.07, 6.45) is 3.32. The van der Waals surface area contributed by atoms with Gasteiger partial charge in [-0.15, -0.1) is 0 Å². The van der Waals surface area contributed by atoms with Gasteiger partial charge in [-0.2, -0.15) is 4.98 Å². The van der Waals surface area contributed by atoms with Crippen LogP contribution in [0.25, 0.3) is 11.4 Å². The zero-order valence-corrected chi connectivity index (χ0v) is 7.25. The Hall–Kier alpha value is -1.79. The molecule has 72 valence electrons. The van der Waals surface area contributed by atoms with Gasteiger partial charge in [0.2, 0.25) is 5.82 Å². The van der Waals surface area contributed by atoms with Crippen molar-refractivity contribution in [3.05, 3.63) is 30.4 Å². The van der Waals surface area contributed by atoms with Crippen LogP contribution < -0.4 is 5.90 Å². The first-order valence-corrected chi connectivity index (χ1v) is 3.95. The van der Waals surface area contributed by atoms with Crippen LogP contribution in [0.2, 0.25) is 0 Å². The molecule has 2 aromatic rings. The molecule has 0 unspecified atom stereocenters. The van der Waals surface area contributed by atoms with E-state index in [9.17, 15) is 0 Å². The molecule has 6 nitrogen and oxygen atoms in total. The van der Waals surface area contributed by atoms with E-state index in [4.69, 9.17) is 10.4 Å². The highest BCUT2D eigenvalue weighted by atomic mass is 16.6. The van der Waals surface area contributed by atoms with Crippen LogP contribution >= 0.6 is 0 Å². The van der Waals surface area contributed by atoms with E-state index in [0.717, 1.165) is 5.56 Å². The Morgan fingerprint density at radius 2 is 2.14 bits per heavy atom. The van der Waals surface area contributed by atoms with E-state index in [1.807, 2.05) is 0 Å². The maximum absolute atomic E-state index is 4.87. The summed E-state index contributed by atoms with van der Waals surface area (Å²) < 4.78 is 4.87. The summed E-state index contributed by atoms with van der Waals surface area (Å²) in [7, 11) is 0. The first-order valence-electron chi connectivity index (χ1n) is 3.95. The molecular formula is C8H8N4O2. The van der Waals surface area contributed by atoms with Gasteiger partial charge in [0.05, 0.1) is 0 Å². The lowest BCUT2D eigenvalue weighted by molar-refractivity contribution is 0.0996. The van der Waals surface area contributed by atoms with Gasteiger partial charge in [-0.3, -0.25) is 9.82 Å². The molecule has 0 fully saturated rings. The minimum atomic E-state index is 0.109. The van der Waals surface area contributed by atoms with Crippen LogP contribution in [0, 0.1) is 0 Å². The number of nitrogens with two attached hydrogens (primary N) is 1. The Bertz CT molecular complexity index is 401. The van der Waals surface area contributed by atoms with E-state index in [0.29, 0.717) is 11.7 Å². The summed E-state index contributed by atoms with van der Waals surface area (Å²) >= 11 is 0. The standard InChI is InChI=1S/C8H8N4O2/c9-13-5-7-11-8(12-14-7)6-1-3-10-4-2-6/h1-4H,5,9H2. The molecule has 0 radical (unpaired) electrons. The smallest absolute Gasteiger partial charge is 0.255 e. The average Bonchev–Trinajstić information content (AvgIpc) is 2.68. The third kappa shape index (κ3) is 1.76. The molecule has 0 aromatic carbocycles. The van der Waals surface area contributed by atoms with Crippen molar-refractivity contribution >= 4 is 0 Å². The van der Waals surface area contributed by atoms with Gasteiger partial charge in [0.25, 0.3) is 5.89 Å². The molecule has 0 bridgehead atoms. The van der Waals surface area contributed by atoms with Gasteiger partial charge in [0.1, 0.15) is 6.61 Å². The fourth-order valence-corrected chi connectivity index (χ4v) is 1.00. The van der Waals surface area contributed by atoms with Crippen LogP contribution in [0.3, 0.4) is 0 Å². The number of aromatic nitrogens is 3. The van der Waals surface area contributed by atoms with E-state index in [-0.39, 0.29) is 6.61 Å². The average molecular weight is 192 g/mol. The lowest BCUT2D eigenvalue weighted by Gasteiger charge is -1.90. The monoisotopic (exact) mass is 192 g/mol. The van der Waals surface area contributed by atoms with Gasteiger partial charge in [-0.25, -0.2) is 5.90 Å². The SMILES string of the molecule is NOCc1nc(-c2ccncc2)no1. The van der Waals surface area contributed by atoms with Crippen LogP contribution in [-0.4, -0.2) is 15.1 Å². The molecule has 2 heterocycles. The highest BCUT2D eigenvalue weighted by molar-refractivity contribution is 5.52. The van der Waals surface area contributed by atoms with E-state index in [1.54, 1.807) is 24.5 Å². The lowest BCUT2D eigenvalue weighted by atomic mass is 10.2. The summed E-state index contributed by atoms with van der Waals surface area (Å²) in [5.41, 5.74) is 0.840. The van der Waals surface area contributed by atoms with Crippen LogP contribution in [0.1, 0.15) is 5.89 Å². The van der Waals surface area contributed by atoms with Crippen LogP contribution in [-0.2, 0) is 11.4 Å². The van der Waals surface area contributed by atoms with Gasteiger partial charge < -0.3 is 4.52 Å². The van der Waals surface area contributed by atoms with Gasteiger partial charge in [0, 0.05) is 18.0 Å². The van der Waals surface area contributed by atoms with Crippen LogP contribution in [0.5, 0.6) is 0 Å². The van der Waals surface area contributed by atoms with E-state index < -0.39 is 0 Å². The molecule has 2 rings (SSSR count). The molecule has 2 aromatic heterocycles. The summed E-state index contributed by atoms with van der Waals surface area (Å²) in [5, 5.41) is 3.76. The Labute approximate surface area is 79.7 Å². The van der Waals surface area contributed by atoms with Crippen molar-refractivity contribution < 1.29 is 9.36 Å². The molecule has 0 aliphatic rings. The van der Waals surface area contributed by atoms with Crippen molar-refractivity contribution in [2.24, 2.45) is 5.90 Å². The maximum Gasteiger partial charge on any atom is 0.255 e. The van der Waals surface area contributed by atoms with Crippen LogP contribution in [0.4, 0.5) is 0 Å². The second kappa shape index (κ2) is 3.95. The predicted molar refractivity (Wildman–Crippen MR) is 46.5 cm³/mol. The first kappa shape index (κ1) is 8.79. The van der Waals surface area contributed by atoms with Crippen molar-refractivity contribution in [1.82, 2.24) is 15.1 Å². The zero-order chi connectivity index (χ0) is 9.80. The molecule has 6 heteroatoms. The highest BCUT2D eigenvalue weighted by Gasteiger charge is 2.07. The van der Waals surface area contributed by atoms with E-state index >= 15 is 0 Å².